The van der Waals surface area contributed by atoms with Crippen molar-refractivity contribution in [1.82, 2.24) is 9.97 Å². The summed E-state index contributed by atoms with van der Waals surface area (Å²) in [5.41, 5.74) is 3.97. The molecule has 7 heteroatoms. The third kappa shape index (κ3) is 4.05. The fourth-order valence-electron chi connectivity index (χ4n) is 3.52. The van der Waals surface area contributed by atoms with Crippen molar-refractivity contribution in [1.29, 1.82) is 0 Å². The van der Waals surface area contributed by atoms with Gasteiger partial charge in [-0.25, -0.2) is 9.97 Å². The van der Waals surface area contributed by atoms with Crippen molar-refractivity contribution >= 4 is 17.5 Å². The van der Waals surface area contributed by atoms with Crippen molar-refractivity contribution in [2.75, 3.05) is 31.0 Å². The summed E-state index contributed by atoms with van der Waals surface area (Å²) < 4.78 is 10.8. The number of carbonyl (C=O) groups is 1. The van der Waals surface area contributed by atoms with E-state index in [0.29, 0.717) is 11.4 Å². The molecule has 2 aromatic heterocycles. The van der Waals surface area contributed by atoms with E-state index < -0.39 is 0 Å². The Morgan fingerprint density at radius 2 is 1.77 bits per heavy atom. The van der Waals surface area contributed by atoms with E-state index in [2.05, 4.69) is 20.2 Å². The summed E-state index contributed by atoms with van der Waals surface area (Å²) in [6.45, 7) is 3.52. The number of amides is 1. The normalized spacial score (nSPS) is 12.8. The number of benzene rings is 1. The lowest BCUT2D eigenvalue weighted by atomic mass is 9.98. The van der Waals surface area contributed by atoms with E-state index in [-0.39, 0.29) is 5.91 Å². The second-order valence-electron chi connectivity index (χ2n) is 7.23. The molecule has 1 aliphatic rings. The number of aromatic nitrogens is 2. The maximum Gasteiger partial charge on any atom is 0.258 e. The number of carbonyl (C=O) groups excluding carboxylic acids is 1. The Bertz CT molecular complexity index is 1050. The Balaban J connectivity index is 1.47. The van der Waals surface area contributed by atoms with E-state index in [1.54, 1.807) is 38.7 Å². The first-order valence-electron chi connectivity index (χ1n) is 9.76. The average Bonchev–Trinajstić information content (AvgIpc) is 2.79. The molecule has 154 valence electrons. The molecule has 0 spiro atoms. The van der Waals surface area contributed by atoms with Gasteiger partial charge in [0.25, 0.3) is 5.91 Å². The monoisotopic (exact) mass is 404 g/mol. The van der Waals surface area contributed by atoms with Crippen LogP contribution in [0.15, 0.2) is 48.8 Å². The molecule has 4 rings (SSSR count). The molecule has 1 aliphatic heterocycles. The summed E-state index contributed by atoms with van der Waals surface area (Å²) in [5.74, 6) is 2.60. The fraction of sp³-hybridized carbons (Fsp3) is 0.261. The summed E-state index contributed by atoms with van der Waals surface area (Å²) in [7, 11) is 3.29. The first-order chi connectivity index (χ1) is 14.6. The molecule has 0 radical (unpaired) electrons. The second kappa shape index (κ2) is 8.41. The number of hydrogen-bond donors (Lipinski definition) is 1. The van der Waals surface area contributed by atoms with Crippen molar-refractivity contribution in [3.8, 4) is 11.5 Å². The van der Waals surface area contributed by atoms with Crippen LogP contribution in [0.3, 0.4) is 0 Å². The molecule has 3 heterocycles. The SMILES string of the molecule is COc1cc2c(cc1OC)CN(c1ccc(C(=O)Nc3ccc(C)cn3)cn1)CC2. The molecule has 0 saturated heterocycles. The summed E-state index contributed by atoms with van der Waals surface area (Å²) in [5, 5.41) is 2.79. The smallest absolute Gasteiger partial charge is 0.258 e. The Labute approximate surface area is 175 Å². The van der Waals surface area contributed by atoms with E-state index in [0.717, 1.165) is 42.4 Å². The zero-order chi connectivity index (χ0) is 21.1. The minimum Gasteiger partial charge on any atom is -0.493 e. The summed E-state index contributed by atoms with van der Waals surface area (Å²) >= 11 is 0. The van der Waals surface area contributed by atoms with Crippen molar-refractivity contribution in [3.63, 3.8) is 0 Å². The molecule has 1 aromatic carbocycles. The van der Waals surface area contributed by atoms with Crippen molar-refractivity contribution < 1.29 is 14.3 Å². The van der Waals surface area contributed by atoms with Gasteiger partial charge in [0.05, 0.1) is 19.8 Å². The third-order valence-corrected chi connectivity index (χ3v) is 5.21. The number of anilines is 2. The highest BCUT2D eigenvalue weighted by Crippen LogP contribution is 2.34. The lowest BCUT2D eigenvalue weighted by molar-refractivity contribution is 0.102. The standard InChI is InChI=1S/C23H24N4O3/c1-15-4-6-21(24-12-15)26-23(28)17-5-7-22(25-13-17)27-9-8-16-10-19(29-2)20(30-3)11-18(16)14-27/h4-7,10-13H,8-9,14H2,1-3H3,(H,24,26,28). The Kier molecular flexibility index (Phi) is 5.52. The molecule has 0 fully saturated rings. The predicted molar refractivity (Wildman–Crippen MR) is 115 cm³/mol. The van der Waals surface area contributed by atoms with Gasteiger partial charge in [0.15, 0.2) is 11.5 Å². The molecule has 0 unspecified atom stereocenters. The molecule has 1 N–H and O–H groups in total. The summed E-state index contributed by atoms with van der Waals surface area (Å²) in [6, 6.07) is 11.4. The maximum absolute atomic E-state index is 12.5. The first kappa shape index (κ1) is 19.7. The number of nitrogens with zero attached hydrogens (tertiary/aromatic N) is 3. The minimum atomic E-state index is -0.230. The molecule has 0 bridgehead atoms. The highest BCUT2D eigenvalue weighted by atomic mass is 16.5. The number of rotatable bonds is 5. The summed E-state index contributed by atoms with van der Waals surface area (Å²) in [6.07, 6.45) is 4.21. The Hall–Kier alpha value is -3.61. The predicted octanol–water partition coefficient (Wildman–Crippen LogP) is 3.62. The van der Waals surface area contributed by atoms with Crippen LogP contribution in [0.1, 0.15) is 27.0 Å². The quantitative estimate of drug-likeness (QED) is 0.700. The highest BCUT2D eigenvalue weighted by molar-refractivity contribution is 6.03. The average molecular weight is 404 g/mol. The van der Waals surface area contributed by atoms with Crippen LogP contribution in [0, 0.1) is 6.92 Å². The van der Waals surface area contributed by atoms with E-state index in [9.17, 15) is 4.79 Å². The third-order valence-electron chi connectivity index (χ3n) is 5.21. The molecule has 0 aliphatic carbocycles. The molecule has 7 nitrogen and oxygen atoms in total. The zero-order valence-corrected chi connectivity index (χ0v) is 17.3. The van der Waals surface area contributed by atoms with Crippen molar-refractivity contribution in [2.24, 2.45) is 0 Å². The van der Waals surface area contributed by atoms with Gasteiger partial charge in [-0.1, -0.05) is 6.07 Å². The number of hydrogen-bond acceptors (Lipinski definition) is 6. The van der Waals surface area contributed by atoms with Gasteiger partial charge in [0, 0.05) is 25.5 Å². The number of methoxy groups -OCH3 is 2. The van der Waals surface area contributed by atoms with Gasteiger partial charge in [0.1, 0.15) is 11.6 Å². The zero-order valence-electron chi connectivity index (χ0n) is 17.3. The van der Waals surface area contributed by atoms with Crippen LogP contribution in [0.4, 0.5) is 11.6 Å². The van der Waals surface area contributed by atoms with Gasteiger partial charge in [-0.05, 0) is 60.4 Å². The van der Waals surface area contributed by atoms with Gasteiger partial charge < -0.3 is 19.7 Å². The first-order valence-corrected chi connectivity index (χ1v) is 9.76. The molecule has 30 heavy (non-hydrogen) atoms. The van der Waals surface area contributed by atoms with Crippen LogP contribution in [0.5, 0.6) is 11.5 Å². The van der Waals surface area contributed by atoms with Gasteiger partial charge in [-0.15, -0.1) is 0 Å². The number of ether oxygens (including phenoxy) is 2. The lowest BCUT2D eigenvalue weighted by Crippen LogP contribution is -2.31. The van der Waals surface area contributed by atoms with Crippen LogP contribution in [-0.4, -0.2) is 36.6 Å². The van der Waals surface area contributed by atoms with Crippen LogP contribution in [0.25, 0.3) is 0 Å². The molecular weight excluding hydrogens is 380 g/mol. The molecule has 3 aromatic rings. The molecular formula is C23H24N4O3. The molecule has 0 saturated carbocycles. The molecule has 1 amide bonds. The number of aryl methyl sites for hydroxylation is 1. The van der Waals surface area contributed by atoms with Crippen molar-refractivity contribution in [2.45, 2.75) is 19.9 Å². The largest absolute Gasteiger partial charge is 0.493 e. The van der Waals surface area contributed by atoms with Crippen molar-refractivity contribution in [3.05, 3.63) is 71.0 Å². The van der Waals surface area contributed by atoms with E-state index >= 15 is 0 Å². The van der Waals surface area contributed by atoms with Gasteiger partial charge >= 0.3 is 0 Å². The Morgan fingerprint density at radius 3 is 2.40 bits per heavy atom. The van der Waals surface area contributed by atoms with E-state index in [4.69, 9.17) is 9.47 Å². The Morgan fingerprint density at radius 1 is 1.00 bits per heavy atom. The number of fused-ring (bicyclic) bond motifs is 1. The molecule has 0 atom stereocenters. The van der Waals surface area contributed by atoms with Crippen LogP contribution in [-0.2, 0) is 13.0 Å². The van der Waals surface area contributed by atoms with Crippen LogP contribution in [0.2, 0.25) is 0 Å². The van der Waals surface area contributed by atoms with E-state index in [1.807, 2.05) is 31.2 Å². The van der Waals surface area contributed by atoms with Gasteiger partial charge in [0.2, 0.25) is 0 Å². The minimum absolute atomic E-state index is 0.230. The fourth-order valence-corrected chi connectivity index (χ4v) is 3.52. The number of pyridine rings is 2. The lowest BCUT2D eigenvalue weighted by Gasteiger charge is -2.30. The number of nitrogens with one attached hydrogen (secondary N) is 1. The highest BCUT2D eigenvalue weighted by Gasteiger charge is 2.20. The van der Waals surface area contributed by atoms with Gasteiger partial charge in [-0.2, -0.15) is 0 Å². The maximum atomic E-state index is 12.5. The van der Waals surface area contributed by atoms with Crippen LogP contribution >= 0.6 is 0 Å². The van der Waals surface area contributed by atoms with E-state index in [1.165, 1.54) is 11.1 Å². The summed E-state index contributed by atoms with van der Waals surface area (Å²) in [4.78, 5) is 23.4. The van der Waals surface area contributed by atoms with Crippen LogP contribution < -0.4 is 19.7 Å². The topological polar surface area (TPSA) is 76.6 Å². The van der Waals surface area contributed by atoms with Gasteiger partial charge in [-0.3, -0.25) is 4.79 Å². The second-order valence-corrected chi connectivity index (χ2v) is 7.23.